The summed E-state index contributed by atoms with van der Waals surface area (Å²) in [6.45, 7) is 11.0. The van der Waals surface area contributed by atoms with Crippen molar-refractivity contribution in [1.82, 2.24) is 0 Å². The van der Waals surface area contributed by atoms with Crippen LogP contribution in [0.1, 0.15) is 39.0 Å². The monoisotopic (exact) mass is 652 g/mol. The fraction of sp³-hybridized carbons (Fsp3) is 0.806. The second kappa shape index (κ2) is 31.7. The molecule has 0 radical (unpaired) electrons. The molecule has 0 bridgehead atoms. The minimum atomic E-state index is -3.75. The Morgan fingerprint density at radius 3 is 1.09 bits per heavy atom. The molecule has 0 aliphatic heterocycles. The van der Waals surface area contributed by atoms with Gasteiger partial charge >= 0.3 is 0 Å². The first-order chi connectivity index (χ1) is 21.7. The van der Waals surface area contributed by atoms with Crippen LogP contribution >= 0.6 is 0 Å². The second-order valence-corrected chi connectivity index (χ2v) is 11.1. The molecule has 44 heavy (non-hydrogen) atoms. The highest BCUT2D eigenvalue weighted by molar-refractivity contribution is 7.86. The van der Waals surface area contributed by atoms with Gasteiger partial charge < -0.3 is 42.6 Å². The molecule has 12 nitrogen and oxygen atoms in total. The molecule has 0 atom stereocenters. The van der Waals surface area contributed by atoms with Crippen LogP contribution in [0.25, 0.3) is 0 Å². The van der Waals surface area contributed by atoms with Gasteiger partial charge in [0.25, 0.3) is 10.1 Å². The summed E-state index contributed by atoms with van der Waals surface area (Å²) in [5.41, 5.74) is 0. The molecular weight excluding hydrogens is 596 g/mol. The van der Waals surface area contributed by atoms with E-state index in [0.717, 1.165) is 13.0 Å². The maximum Gasteiger partial charge on any atom is 0.297 e. The van der Waals surface area contributed by atoms with Crippen molar-refractivity contribution in [2.45, 2.75) is 43.9 Å². The van der Waals surface area contributed by atoms with Gasteiger partial charge in [-0.05, 0) is 18.6 Å². The van der Waals surface area contributed by atoms with Crippen LogP contribution in [0.3, 0.4) is 0 Å². The molecule has 13 heteroatoms. The molecule has 0 unspecified atom stereocenters. The summed E-state index contributed by atoms with van der Waals surface area (Å²) < 4.78 is 77.9. The summed E-state index contributed by atoms with van der Waals surface area (Å²) in [6.07, 6.45) is 6.25. The fourth-order valence-corrected chi connectivity index (χ4v) is 4.44. The minimum Gasteiger partial charge on any atom is -0.379 e. The molecule has 0 aliphatic carbocycles. The third-order valence-corrected chi connectivity index (χ3v) is 7.19. The number of unbranched alkanes of at least 4 members (excludes halogenated alkanes) is 4. The van der Waals surface area contributed by atoms with Gasteiger partial charge in [-0.15, -0.1) is 0 Å². The van der Waals surface area contributed by atoms with Crippen LogP contribution in [0.2, 0.25) is 0 Å². The highest BCUT2D eigenvalue weighted by atomic mass is 32.2. The van der Waals surface area contributed by atoms with Gasteiger partial charge in [0.2, 0.25) is 0 Å². The lowest BCUT2D eigenvalue weighted by molar-refractivity contribution is -0.0254. The van der Waals surface area contributed by atoms with Gasteiger partial charge in [0.1, 0.15) is 0 Å². The zero-order valence-corrected chi connectivity index (χ0v) is 27.5. The summed E-state index contributed by atoms with van der Waals surface area (Å²) in [5, 5.41) is 0. The first kappa shape index (κ1) is 40.8. The Hall–Kier alpha value is -1.23. The SMILES string of the molecule is CCCCCCCOCCOCCOCCOCCOCCOCCOCCOCCOCCOS(=O)(=O)c1ccccc1. The molecule has 0 fully saturated rings. The molecule has 1 aromatic rings. The van der Waals surface area contributed by atoms with E-state index in [0.29, 0.717) is 106 Å². The van der Waals surface area contributed by atoms with Gasteiger partial charge in [-0.25, -0.2) is 0 Å². The van der Waals surface area contributed by atoms with Crippen molar-refractivity contribution < 1.29 is 55.2 Å². The van der Waals surface area contributed by atoms with E-state index in [1.807, 2.05) is 0 Å². The van der Waals surface area contributed by atoms with Gasteiger partial charge in [0, 0.05) is 6.61 Å². The molecule has 0 N–H and O–H groups in total. The quantitative estimate of drug-likeness (QED) is 0.0787. The third kappa shape index (κ3) is 27.1. The zero-order chi connectivity index (χ0) is 31.7. The van der Waals surface area contributed by atoms with Gasteiger partial charge in [0.05, 0.1) is 124 Å². The number of hydrogen-bond donors (Lipinski definition) is 0. The van der Waals surface area contributed by atoms with E-state index in [1.165, 1.54) is 37.8 Å². The highest BCUT2D eigenvalue weighted by Crippen LogP contribution is 2.10. The lowest BCUT2D eigenvalue weighted by Crippen LogP contribution is -2.15. The smallest absolute Gasteiger partial charge is 0.297 e. The topological polar surface area (TPSA) is 126 Å². The number of hydrogen-bond acceptors (Lipinski definition) is 12. The molecule has 1 aromatic carbocycles. The van der Waals surface area contributed by atoms with Crippen molar-refractivity contribution in [3.8, 4) is 0 Å². The predicted octanol–water partition coefficient (Wildman–Crippen LogP) is 3.51. The van der Waals surface area contributed by atoms with Crippen molar-refractivity contribution in [2.75, 3.05) is 126 Å². The van der Waals surface area contributed by atoms with Crippen molar-refractivity contribution in [2.24, 2.45) is 0 Å². The molecule has 0 aromatic heterocycles. The number of rotatable bonds is 35. The van der Waals surface area contributed by atoms with Crippen LogP contribution in [0.15, 0.2) is 35.2 Å². The van der Waals surface area contributed by atoms with Gasteiger partial charge in [0.15, 0.2) is 0 Å². The van der Waals surface area contributed by atoms with E-state index in [-0.39, 0.29) is 18.1 Å². The summed E-state index contributed by atoms with van der Waals surface area (Å²) >= 11 is 0. The molecule has 0 saturated carbocycles. The molecular formula is C31H56O12S. The van der Waals surface area contributed by atoms with Crippen LogP contribution in [-0.2, 0) is 56.9 Å². The van der Waals surface area contributed by atoms with Crippen molar-refractivity contribution >= 4 is 10.1 Å². The first-order valence-corrected chi connectivity index (χ1v) is 17.2. The molecule has 0 amide bonds. The van der Waals surface area contributed by atoms with E-state index in [4.69, 9.17) is 46.8 Å². The number of benzene rings is 1. The van der Waals surface area contributed by atoms with Gasteiger partial charge in [-0.3, -0.25) is 4.18 Å². The lowest BCUT2D eigenvalue weighted by Gasteiger charge is -2.09. The second-order valence-electron chi connectivity index (χ2n) is 9.51. The van der Waals surface area contributed by atoms with Crippen molar-refractivity contribution in [1.29, 1.82) is 0 Å². The predicted molar refractivity (Wildman–Crippen MR) is 166 cm³/mol. The molecule has 0 aliphatic rings. The zero-order valence-electron chi connectivity index (χ0n) is 26.7. The van der Waals surface area contributed by atoms with Crippen molar-refractivity contribution in [3.05, 3.63) is 30.3 Å². The Labute approximate surface area is 265 Å². The van der Waals surface area contributed by atoms with Gasteiger partial charge in [-0.1, -0.05) is 50.8 Å². The van der Waals surface area contributed by atoms with Crippen LogP contribution in [-0.4, -0.2) is 134 Å². The maximum atomic E-state index is 12.0. The van der Waals surface area contributed by atoms with Crippen LogP contribution in [0, 0.1) is 0 Å². The van der Waals surface area contributed by atoms with E-state index in [1.54, 1.807) is 18.2 Å². The summed E-state index contributed by atoms with van der Waals surface area (Å²) in [5.74, 6) is 0. The normalized spacial score (nSPS) is 11.8. The minimum absolute atomic E-state index is 0.0537. The Bertz CT molecular complexity index is 813. The van der Waals surface area contributed by atoms with Gasteiger partial charge in [-0.2, -0.15) is 8.42 Å². The standard InChI is InChI=1S/C31H56O12S/c1-2-3-4-5-9-12-34-13-14-35-15-16-36-17-18-37-19-20-38-21-22-39-23-24-40-25-26-41-27-28-42-29-30-43-44(32,33)31-10-7-6-8-11-31/h6-8,10-11H,2-5,9,12-30H2,1H3. The Morgan fingerprint density at radius 1 is 0.409 bits per heavy atom. The Balaban J connectivity index is 1.67. The Morgan fingerprint density at radius 2 is 0.727 bits per heavy atom. The summed E-state index contributed by atoms with van der Waals surface area (Å²) in [4.78, 5) is 0.124. The highest BCUT2D eigenvalue weighted by Gasteiger charge is 2.13. The van der Waals surface area contributed by atoms with Crippen molar-refractivity contribution in [3.63, 3.8) is 0 Å². The van der Waals surface area contributed by atoms with Crippen LogP contribution in [0.5, 0.6) is 0 Å². The average molecular weight is 653 g/mol. The van der Waals surface area contributed by atoms with E-state index in [9.17, 15) is 8.42 Å². The fourth-order valence-electron chi connectivity index (χ4n) is 3.53. The summed E-state index contributed by atoms with van der Waals surface area (Å²) in [6, 6.07) is 7.99. The average Bonchev–Trinajstić information content (AvgIpc) is 3.03. The number of ether oxygens (including phenoxy) is 9. The molecule has 0 saturated heterocycles. The Kier molecular flexibility index (Phi) is 29.4. The van der Waals surface area contributed by atoms with Crippen LogP contribution in [0.4, 0.5) is 0 Å². The molecule has 0 spiro atoms. The van der Waals surface area contributed by atoms with E-state index in [2.05, 4.69) is 6.92 Å². The maximum absolute atomic E-state index is 12.0. The molecule has 1 rings (SSSR count). The molecule has 0 heterocycles. The van der Waals surface area contributed by atoms with E-state index < -0.39 is 10.1 Å². The van der Waals surface area contributed by atoms with E-state index >= 15 is 0 Å². The summed E-state index contributed by atoms with van der Waals surface area (Å²) in [7, 11) is -3.75. The largest absolute Gasteiger partial charge is 0.379 e. The lowest BCUT2D eigenvalue weighted by atomic mass is 10.2. The first-order valence-electron chi connectivity index (χ1n) is 15.8. The van der Waals surface area contributed by atoms with Crippen LogP contribution < -0.4 is 0 Å². The molecule has 258 valence electrons. The third-order valence-electron chi connectivity index (χ3n) is 5.87.